The minimum Gasteiger partial charge on any atom is -0.361 e. The van der Waals surface area contributed by atoms with Gasteiger partial charge in [0.1, 0.15) is 0 Å². The molecule has 2 heterocycles. The topological polar surface area (TPSA) is 41.0 Å². The highest BCUT2D eigenvalue weighted by Crippen LogP contribution is 2.28. The lowest BCUT2D eigenvalue weighted by atomic mass is 10.2. The number of para-hydroxylation sites is 1. The zero-order chi connectivity index (χ0) is 15.6. The SMILES string of the molecule is Brc1ccc(-c2csc(N=Cc3c[nH]c4ccccc34)n2)cc1. The van der Waals surface area contributed by atoms with Gasteiger partial charge in [-0.1, -0.05) is 46.3 Å². The van der Waals surface area contributed by atoms with E-state index in [1.165, 1.54) is 5.39 Å². The summed E-state index contributed by atoms with van der Waals surface area (Å²) in [7, 11) is 0. The number of H-pyrrole nitrogens is 1. The number of nitrogens with zero attached hydrogens (tertiary/aromatic N) is 2. The molecule has 0 saturated carbocycles. The second-order valence-corrected chi connectivity index (χ2v) is 6.82. The van der Waals surface area contributed by atoms with Crippen molar-refractivity contribution in [3.05, 3.63) is 70.1 Å². The number of aromatic amines is 1. The molecule has 1 N–H and O–H groups in total. The van der Waals surface area contributed by atoms with Crippen LogP contribution in [0.4, 0.5) is 5.13 Å². The number of fused-ring (bicyclic) bond motifs is 1. The van der Waals surface area contributed by atoms with Gasteiger partial charge in [0.2, 0.25) is 5.13 Å². The maximum Gasteiger partial charge on any atom is 0.209 e. The molecule has 0 bridgehead atoms. The zero-order valence-corrected chi connectivity index (χ0v) is 14.4. The highest BCUT2D eigenvalue weighted by Gasteiger charge is 2.04. The first-order chi connectivity index (χ1) is 11.3. The number of thiazole rings is 1. The van der Waals surface area contributed by atoms with Crippen molar-refractivity contribution in [3.63, 3.8) is 0 Å². The molecule has 0 radical (unpaired) electrons. The zero-order valence-electron chi connectivity index (χ0n) is 12.0. The number of hydrogen-bond donors (Lipinski definition) is 1. The Bertz CT molecular complexity index is 983. The lowest BCUT2D eigenvalue weighted by Crippen LogP contribution is -1.78. The third kappa shape index (κ3) is 2.98. The molecule has 0 aliphatic carbocycles. The van der Waals surface area contributed by atoms with Crippen molar-refractivity contribution in [3.8, 4) is 11.3 Å². The minimum atomic E-state index is 0.758. The Morgan fingerprint density at radius 3 is 2.78 bits per heavy atom. The number of halogens is 1. The number of benzene rings is 2. The van der Waals surface area contributed by atoms with Crippen molar-refractivity contribution >= 4 is 49.5 Å². The molecule has 0 atom stereocenters. The Hall–Kier alpha value is -2.24. The lowest BCUT2D eigenvalue weighted by molar-refractivity contribution is 1.36. The Morgan fingerprint density at radius 1 is 1.09 bits per heavy atom. The number of aromatic nitrogens is 2. The third-order valence-electron chi connectivity index (χ3n) is 3.57. The second-order valence-electron chi connectivity index (χ2n) is 5.07. The fourth-order valence-corrected chi connectivity index (χ4v) is 3.34. The van der Waals surface area contributed by atoms with Gasteiger partial charge in [-0.25, -0.2) is 9.98 Å². The first-order valence-electron chi connectivity index (χ1n) is 7.11. The maximum atomic E-state index is 4.58. The van der Waals surface area contributed by atoms with Crippen molar-refractivity contribution in [1.82, 2.24) is 9.97 Å². The van der Waals surface area contributed by atoms with Gasteiger partial charge in [-0.05, 0) is 18.2 Å². The van der Waals surface area contributed by atoms with Crippen molar-refractivity contribution in [2.75, 3.05) is 0 Å². The van der Waals surface area contributed by atoms with E-state index in [0.29, 0.717) is 0 Å². The monoisotopic (exact) mass is 381 g/mol. The van der Waals surface area contributed by atoms with Gasteiger partial charge >= 0.3 is 0 Å². The first kappa shape index (κ1) is 14.4. The summed E-state index contributed by atoms with van der Waals surface area (Å²) in [6.07, 6.45) is 3.83. The summed E-state index contributed by atoms with van der Waals surface area (Å²) in [5.74, 6) is 0. The molecule has 0 aliphatic heterocycles. The molecule has 0 amide bonds. The normalized spacial score (nSPS) is 11.5. The smallest absolute Gasteiger partial charge is 0.209 e. The van der Waals surface area contributed by atoms with Crippen LogP contribution in [0.2, 0.25) is 0 Å². The molecule has 112 valence electrons. The predicted octanol–water partition coefficient (Wildman–Crippen LogP) is 5.80. The van der Waals surface area contributed by atoms with Gasteiger partial charge < -0.3 is 4.98 Å². The van der Waals surface area contributed by atoms with E-state index in [1.54, 1.807) is 11.3 Å². The summed E-state index contributed by atoms with van der Waals surface area (Å²) >= 11 is 4.99. The largest absolute Gasteiger partial charge is 0.361 e. The number of aliphatic imine (C=N–C) groups is 1. The van der Waals surface area contributed by atoms with E-state index in [9.17, 15) is 0 Å². The van der Waals surface area contributed by atoms with E-state index in [0.717, 1.165) is 31.9 Å². The van der Waals surface area contributed by atoms with Gasteiger partial charge in [-0.15, -0.1) is 11.3 Å². The maximum absolute atomic E-state index is 4.58. The number of nitrogens with one attached hydrogen (secondary N) is 1. The van der Waals surface area contributed by atoms with Gasteiger partial charge in [0.05, 0.1) is 5.69 Å². The average molecular weight is 382 g/mol. The summed E-state index contributed by atoms with van der Waals surface area (Å²) in [4.78, 5) is 12.3. The summed E-state index contributed by atoms with van der Waals surface area (Å²) in [6, 6.07) is 16.3. The molecule has 3 nitrogen and oxygen atoms in total. The Morgan fingerprint density at radius 2 is 1.91 bits per heavy atom. The molecule has 4 rings (SSSR count). The molecule has 0 spiro atoms. The van der Waals surface area contributed by atoms with Crippen molar-refractivity contribution in [1.29, 1.82) is 0 Å². The van der Waals surface area contributed by atoms with Crippen LogP contribution in [0.1, 0.15) is 5.56 Å². The fourth-order valence-electron chi connectivity index (χ4n) is 2.40. The Labute approximate surface area is 145 Å². The van der Waals surface area contributed by atoms with Crippen molar-refractivity contribution in [2.24, 2.45) is 4.99 Å². The second kappa shape index (κ2) is 6.10. The number of hydrogen-bond acceptors (Lipinski definition) is 3. The van der Waals surface area contributed by atoms with E-state index in [1.807, 2.05) is 54.2 Å². The molecule has 2 aromatic heterocycles. The van der Waals surface area contributed by atoms with Gasteiger partial charge in [0, 0.05) is 44.3 Å². The highest BCUT2D eigenvalue weighted by atomic mass is 79.9. The molecule has 0 unspecified atom stereocenters. The summed E-state index contributed by atoms with van der Waals surface area (Å²) in [5.41, 5.74) is 4.23. The van der Waals surface area contributed by atoms with Crippen LogP contribution in [-0.4, -0.2) is 16.2 Å². The van der Waals surface area contributed by atoms with Crippen molar-refractivity contribution in [2.45, 2.75) is 0 Å². The molecule has 4 aromatic rings. The highest BCUT2D eigenvalue weighted by molar-refractivity contribution is 9.10. The number of rotatable bonds is 3. The van der Waals surface area contributed by atoms with Crippen LogP contribution in [0.5, 0.6) is 0 Å². The molecular formula is C18H12BrN3S. The first-order valence-corrected chi connectivity index (χ1v) is 8.78. The summed E-state index contributed by atoms with van der Waals surface area (Å²) in [5, 5.41) is 3.96. The predicted molar refractivity (Wildman–Crippen MR) is 101 cm³/mol. The summed E-state index contributed by atoms with van der Waals surface area (Å²) in [6.45, 7) is 0. The molecule has 0 fully saturated rings. The van der Waals surface area contributed by atoms with E-state index in [2.05, 4.69) is 43.0 Å². The van der Waals surface area contributed by atoms with Gasteiger partial charge in [-0.3, -0.25) is 0 Å². The van der Waals surface area contributed by atoms with Gasteiger partial charge in [-0.2, -0.15) is 0 Å². The Kier molecular flexibility index (Phi) is 3.81. The van der Waals surface area contributed by atoms with Crippen LogP contribution in [-0.2, 0) is 0 Å². The quantitative estimate of drug-likeness (QED) is 0.447. The van der Waals surface area contributed by atoms with Crippen LogP contribution < -0.4 is 0 Å². The molecule has 2 aromatic carbocycles. The lowest BCUT2D eigenvalue weighted by Gasteiger charge is -1.95. The average Bonchev–Trinajstić information content (AvgIpc) is 3.20. The summed E-state index contributed by atoms with van der Waals surface area (Å²) < 4.78 is 1.06. The molecule has 23 heavy (non-hydrogen) atoms. The standard InChI is InChI=1S/C18H12BrN3S/c19-14-7-5-12(6-8-14)17-11-23-18(22-17)21-10-13-9-20-16-4-2-1-3-15(13)16/h1-11,20H. The molecule has 5 heteroatoms. The molecule has 0 aliphatic rings. The molecule has 0 saturated heterocycles. The van der Waals surface area contributed by atoms with Gasteiger partial charge in [0.15, 0.2) is 0 Å². The minimum absolute atomic E-state index is 0.758. The van der Waals surface area contributed by atoms with Crippen LogP contribution in [0, 0.1) is 0 Å². The van der Waals surface area contributed by atoms with Gasteiger partial charge in [0.25, 0.3) is 0 Å². The third-order valence-corrected chi connectivity index (χ3v) is 4.84. The molecular weight excluding hydrogens is 370 g/mol. The van der Waals surface area contributed by atoms with Crippen LogP contribution in [0.3, 0.4) is 0 Å². The Balaban J connectivity index is 1.61. The van der Waals surface area contributed by atoms with Crippen molar-refractivity contribution < 1.29 is 0 Å². The van der Waals surface area contributed by atoms with Crippen LogP contribution in [0.15, 0.2) is 69.6 Å². The van der Waals surface area contributed by atoms with E-state index in [4.69, 9.17) is 0 Å². The van der Waals surface area contributed by atoms with E-state index in [-0.39, 0.29) is 0 Å². The fraction of sp³-hybridized carbons (Fsp3) is 0. The van der Waals surface area contributed by atoms with E-state index < -0.39 is 0 Å². The van der Waals surface area contributed by atoms with Crippen LogP contribution >= 0.6 is 27.3 Å². The van der Waals surface area contributed by atoms with Crippen LogP contribution in [0.25, 0.3) is 22.2 Å². The van der Waals surface area contributed by atoms with E-state index >= 15 is 0 Å².